The van der Waals surface area contributed by atoms with Gasteiger partial charge in [0.05, 0.1) is 16.8 Å². The van der Waals surface area contributed by atoms with Gasteiger partial charge in [0.2, 0.25) is 0 Å². The molecule has 3 nitrogen and oxygen atoms in total. The molecule has 0 spiro atoms. The van der Waals surface area contributed by atoms with Crippen LogP contribution in [0.1, 0.15) is 44.6 Å². The Morgan fingerprint density at radius 1 is 1.24 bits per heavy atom. The highest BCUT2D eigenvalue weighted by atomic mass is 14.9. The molecule has 1 aliphatic carbocycles. The lowest BCUT2D eigenvalue weighted by atomic mass is 9.84. The number of benzene rings is 1. The van der Waals surface area contributed by atoms with E-state index in [4.69, 9.17) is 0 Å². The van der Waals surface area contributed by atoms with Crippen molar-refractivity contribution < 1.29 is 0 Å². The molecule has 1 fully saturated rings. The number of hydrogen-bond donors (Lipinski definition) is 1. The summed E-state index contributed by atoms with van der Waals surface area (Å²) in [6.07, 6.45) is 7.94. The molecule has 21 heavy (non-hydrogen) atoms. The summed E-state index contributed by atoms with van der Waals surface area (Å²) >= 11 is 0. The number of pyridine rings is 1. The quantitative estimate of drug-likeness (QED) is 0.900. The zero-order chi connectivity index (χ0) is 14.7. The highest BCUT2D eigenvalue weighted by Gasteiger charge is 2.21. The molecule has 1 aromatic heterocycles. The largest absolute Gasteiger partial charge is 0.381 e. The van der Waals surface area contributed by atoms with Gasteiger partial charge in [-0.05, 0) is 37.7 Å². The van der Waals surface area contributed by atoms with Crippen molar-refractivity contribution >= 4 is 16.6 Å². The van der Waals surface area contributed by atoms with Crippen molar-refractivity contribution in [3.8, 4) is 6.07 Å². The molecule has 0 amide bonds. The van der Waals surface area contributed by atoms with E-state index in [9.17, 15) is 5.26 Å². The first-order valence-electron chi connectivity index (χ1n) is 7.86. The van der Waals surface area contributed by atoms with Gasteiger partial charge in [0.1, 0.15) is 6.07 Å². The average molecular weight is 279 g/mol. The topological polar surface area (TPSA) is 48.7 Å². The van der Waals surface area contributed by atoms with Crippen molar-refractivity contribution in [3.63, 3.8) is 0 Å². The molecule has 0 aliphatic heterocycles. The van der Waals surface area contributed by atoms with Crippen molar-refractivity contribution in [2.24, 2.45) is 5.92 Å². The molecule has 1 heterocycles. The van der Waals surface area contributed by atoms with Gasteiger partial charge in [0.15, 0.2) is 0 Å². The summed E-state index contributed by atoms with van der Waals surface area (Å²) in [5.41, 5.74) is 2.55. The summed E-state index contributed by atoms with van der Waals surface area (Å²) < 4.78 is 0. The van der Waals surface area contributed by atoms with Crippen molar-refractivity contribution in [2.45, 2.75) is 45.1 Å². The summed E-state index contributed by atoms with van der Waals surface area (Å²) in [5.74, 6) is 0.882. The molecule has 1 aromatic carbocycles. The molecule has 1 aliphatic rings. The van der Waals surface area contributed by atoms with E-state index in [0.717, 1.165) is 22.5 Å². The molecule has 1 saturated carbocycles. The van der Waals surface area contributed by atoms with Crippen molar-refractivity contribution in [1.29, 1.82) is 5.26 Å². The Hall–Kier alpha value is -2.08. The maximum atomic E-state index is 9.36. The minimum atomic E-state index is 0.478. The molecule has 3 heteroatoms. The minimum absolute atomic E-state index is 0.478. The molecule has 108 valence electrons. The fourth-order valence-corrected chi connectivity index (χ4v) is 3.30. The van der Waals surface area contributed by atoms with Crippen molar-refractivity contribution in [1.82, 2.24) is 4.98 Å². The lowest BCUT2D eigenvalue weighted by molar-refractivity contribution is 0.330. The van der Waals surface area contributed by atoms with Crippen LogP contribution in [0.3, 0.4) is 0 Å². The van der Waals surface area contributed by atoms with Gasteiger partial charge in [-0.25, -0.2) is 0 Å². The maximum absolute atomic E-state index is 9.36. The lowest BCUT2D eigenvalue weighted by Crippen LogP contribution is -2.26. The zero-order valence-corrected chi connectivity index (χ0v) is 12.5. The standard InChI is InChI=1S/C18H21N3/c1-2-13-7-9-15(10-8-13)21-18-14(11-19)12-20-17-6-4-3-5-16(17)18/h3-6,12-13,15H,2,7-10H2,1H3,(H,20,21). The third-order valence-corrected chi connectivity index (χ3v) is 4.67. The van der Waals surface area contributed by atoms with E-state index in [1.165, 1.54) is 32.1 Å². The number of nitriles is 1. The second-order valence-electron chi connectivity index (χ2n) is 5.95. The van der Waals surface area contributed by atoms with Gasteiger partial charge in [-0.2, -0.15) is 5.26 Å². The molecule has 0 bridgehead atoms. The lowest BCUT2D eigenvalue weighted by Gasteiger charge is -2.29. The highest BCUT2D eigenvalue weighted by molar-refractivity contribution is 5.93. The molecule has 0 saturated heterocycles. The first kappa shape index (κ1) is 13.9. The minimum Gasteiger partial charge on any atom is -0.381 e. The number of rotatable bonds is 3. The first-order chi connectivity index (χ1) is 10.3. The van der Waals surface area contributed by atoms with Crippen LogP contribution in [-0.4, -0.2) is 11.0 Å². The number of para-hydroxylation sites is 1. The van der Waals surface area contributed by atoms with Crippen LogP contribution >= 0.6 is 0 Å². The average Bonchev–Trinajstić information content (AvgIpc) is 2.56. The number of fused-ring (bicyclic) bond motifs is 1. The Balaban J connectivity index is 1.88. The number of aromatic nitrogens is 1. The predicted octanol–water partition coefficient (Wildman–Crippen LogP) is 4.49. The van der Waals surface area contributed by atoms with Crippen molar-refractivity contribution in [2.75, 3.05) is 5.32 Å². The Morgan fingerprint density at radius 3 is 2.71 bits per heavy atom. The van der Waals surface area contributed by atoms with E-state index >= 15 is 0 Å². The first-order valence-corrected chi connectivity index (χ1v) is 7.86. The molecular formula is C18H21N3. The normalized spacial score (nSPS) is 21.9. The smallest absolute Gasteiger partial charge is 0.103 e. The third kappa shape index (κ3) is 2.85. The monoisotopic (exact) mass is 279 g/mol. The summed E-state index contributed by atoms with van der Waals surface area (Å²) in [5, 5.41) is 14.0. The van der Waals surface area contributed by atoms with Crippen LogP contribution in [0, 0.1) is 17.2 Å². The van der Waals surface area contributed by atoms with Crippen LogP contribution in [0.25, 0.3) is 10.9 Å². The Kier molecular flexibility index (Phi) is 4.06. The Morgan fingerprint density at radius 2 is 2.00 bits per heavy atom. The van der Waals surface area contributed by atoms with Gasteiger partial charge in [-0.3, -0.25) is 4.98 Å². The van der Waals surface area contributed by atoms with Gasteiger partial charge in [-0.1, -0.05) is 31.5 Å². The highest BCUT2D eigenvalue weighted by Crippen LogP contribution is 2.31. The van der Waals surface area contributed by atoms with Gasteiger partial charge in [0, 0.05) is 17.6 Å². The van der Waals surface area contributed by atoms with Crippen LogP contribution in [0.5, 0.6) is 0 Å². The summed E-state index contributed by atoms with van der Waals surface area (Å²) in [4.78, 5) is 4.37. The summed E-state index contributed by atoms with van der Waals surface area (Å²) in [6.45, 7) is 2.28. The molecule has 2 aromatic rings. The summed E-state index contributed by atoms with van der Waals surface area (Å²) in [6, 6.07) is 10.8. The van der Waals surface area contributed by atoms with E-state index in [0.29, 0.717) is 11.6 Å². The number of anilines is 1. The Bertz CT molecular complexity index is 664. The van der Waals surface area contributed by atoms with Crippen LogP contribution in [0.2, 0.25) is 0 Å². The van der Waals surface area contributed by atoms with E-state index in [2.05, 4.69) is 23.3 Å². The SMILES string of the molecule is CCC1CCC(Nc2c(C#N)cnc3ccccc23)CC1. The molecular weight excluding hydrogens is 258 g/mol. The van der Waals surface area contributed by atoms with Crippen LogP contribution in [-0.2, 0) is 0 Å². The fraction of sp³-hybridized carbons (Fsp3) is 0.444. The number of nitrogens with one attached hydrogen (secondary N) is 1. The zero-order valence-electron chi connectivity index (χ0n) is 12.5. The van der Waals surface area contributed by atoms with Gasteiger partial charge in [0.25, 0.3) is 0 Å². The third-order valence-electron chi connectivity index (χ3n) is 4.67. The summed E-state index contributed by atoms with van der Waals surface area (Å²) in [7, 11) is 0. The van der Waals surface area contributed by atoms with Crippen molar-refractivity contribution in [3.05, 3.63) is 36.0 Å². The van der Waals surface area contributed by atoms with E-state index in [-0.39, 0.29) is 0 Å². The molecule has 0 atom stereocenters. The van der Waals surface area contributed by atoms with Gasteiger partial charge in [-0.15, -0.1) is 0 Å². The molecule has 0 unspecified atom stereocenters. The van der Waals surface area contributed by atoms with Gasteiger partial charge >= 0.3 is 0 Å². The van der Waals surface area contributed by atoms with Gasteiger partial charge < -0.3 is 5.32 Å². The van der Waals surface area contributed by atoms with E-state index in [1.807, 2.05) is 24.3 Å². The van der Waals surface area contributed by atoms with Crippen LogP contribution in [0.15, 0.2) is 30.5 Å². The second-order valence-corrected chi connectivity index (χ2v) is 5.95. The van der Waals surface area contributed by atoms with Crippen LogP contribution in [0.4, 0.5) is 5.69 Å². The number of nitrogens with zero attached hydrogens (tertiary/aromatic N) is 2. The fourth-order valence-electron chi connectivity index (χ4n) is 3.30. The molecule has 0 radical (unpaired) electrons. The Labute approximate surface area is 126 Å². The number of hydrogen-bond acceptors (Lipinski definition) is 3. The molecule has 1 N–H and O–H groups in total. The van der Waals surface area contributed by atoms with Crippen LogP contribution < -0.4 is 5.32 Å². The van der Waals surface area contributed by atoms with E-state index < -0.39 is 0 Å². The van der Waals surface area contributed by atoms with E-state index in [1.54, 1.807) is 6.20 Å². The maximum Gasteiger partial charge on any atom is 0.103 e. The predicted molar refractivity (Wildman–Crippen MR) is 86.1 cm³/mol. The second kappa shape index (κ2) is 6.13. The molecule has 3 rings (SSSR count).